The summed E-state index contributed by atoms with van der Waals surface area (Å²) in [6.07, 6.45) is 2.50. The van der Waals surface area contributed by atoms with Crippen molar-refractivity contribution in [1.82, 2.24) is 14.9 Å². The summed E-state index contributed by atoms with van der Waals surface area (Å²) in [6.45, 7) is 5.97. The third-order valence-electron chi connectivity index (χ3n) is 5.31. The highest BCUT2D eigenvalue weighted by Gasteiger charge is 2.23. The summed E-state index contributed by atoms with van der Waals surface area (Å²) in [5, 5.41) is 5.95. The topological polar surface area (TPSA) is 69.3 Å². The van der Waals surface area contributed by atoms with Gasteiger partial charge in [-0.3, -0.25) is 9.36 Å². The molecule has 6 nitrogen and oxygen atoms in total. The maximum atomic E-state index is 12.9. The SMILES string of the molecule is CCC(C)NC(=O)c1cc(-c2csc(-c3ccc(OC)cc3)n2)n(-c2ccco2)c1C. The van der Waals surface area contributed by atoms with Gasteiger partial charge in [-0.15, -0.1) is 11.3 Å². The standard InChI is InChI=1S/C24H25N3O3S/c1-5-15(2)25-23(28)19-13-21(27(16(19)3)22-7-6-12-30-22)20-14-31-24(26-20)17-8-10-18(29-4)11-9-17/h6-15H,5H2,1-4H3,(H,25,28). The van der Waals surface area contributed by atoms with Crippen LogP contribution < -0.4 is 10.1 Å². The molecule has 0 aliphatic heterocycles. The van der Waals surface area contributed by atoms with E-state index < -0.39 is 0 Å². The summed E-state index contributed by atoms with van der Waals surface area (Å²) in [5.74, 6) is 1.36. The molecule has 0 radical (unpaired) electrons. The molecule has 3 heterocycles. The fourth-order valence-electron chi connectivity index (χ4n) is 3.37. The van der Waals surface area contributed by atoms with Gasteiger partial charge in [0.05, 0.1) is 30.3 Å². The lowest BCUT2D eigenvalue weighted by atomic mass is 10.2. The molecule has 0 saturated carbocycles. The Balaban J connectivity index is 1.76. The van der Waals surface area contributed by atoms with Crippen LogP contribution >= 0.6 is 11.3 Å². The Hall–Kier alpha value is -3.32. The molecule has 1 amide bonds. The lowest BCUT2D eigenvalue weighted by molar-refractivity contribution is 0.0938. The average molecular weight is 436 g/mol. The van der Waals surface area contributed by atoms with Crippen LogP contribution in [0.4, 0.5) is 0 Å². The molecule has 4 rings (SSSR count). The van der Waals surface area contributed by atoms with Gasteiger partial charge in [-0.25, -0.2) is 4.98 Å². The van der Waals surface area contributed by atoms with Crippen LogP contribution in [0.2, 0.25) is 0 Å². The van der Waals surface area contributed by atoms with Gasteiger partial charge in [0, 0.05) is 28.7 Å². The number of ether oxygens (including phenoxy) is 1. The second-order valence-electron chi connectivity index (χ2n) is 7.36. The molecule has 0 spiro atoms. The number of carbonyl (C=O) groups excluding carboxylic acids is 1. The largest absolute Gasteiger partial charge is 0.497 e. The van der Waals surface area contributed by atoms with Gasteiger partial charge < -0.3 is 14.5 Å². The van der Waals surface area contributed by atoms with Gasteiger partial charge in [0.25, 0.3) is 5.91 Å². The van der Waals surface area contributed by atoms with Crippen molar-refractivity contribution in [3.8, 4) is 33.6 Å². The van der Waals surface area contributed by atoms with Gasteiger partial charge in [-0.1, -0.05) is 6.92 Å². The number of amides is 1. The highest BCUT2D eigenvalue weighted by atomic mass is 32.1. The number of benzene rings is 1. The minimum atomic E-state index is -0.0935. The van der Waals surface area contributed by atoms with Crippen molar-refractivity contribution < 1.29 is 13.9 Å². The highest BCUT2D eigenvalue weighted by molar-refractivity contribution is 7.13. The zero-order valence-electron chi connectivity index (χ0n) is 18.0. The summed E-state index contributed by atoms with van der Waals surface area (Å²) in [5.41, 5.74) is 4.05. The number of thiazole rings is 1. The third-order valence-corrected chi connectivity index (χ3v) is 6.20. The molecule has 0 saturated heterocycles. The molecular formula is C24H25N3O3S. The van der Waals surface area contributed by atoms with Gasteiger partial charge >= 0.3 is 0 Å². The molecular weight excluding hydrogens is 410 g/mol. The molecule has 1 aromatic carbocycles. The Kier molecular flexibility index (Phi) is 5.95. The zero-order valence-corrected chi connectivity index (χ0v) is 18.8. The first-order valence-electron chi connectivity index (χ1n) is 10.2. The van der Waals surface area contributed by atoms with Crippen LogP contribution in [0.25, 0.3) is 27.8 Å². The Bertz CT molecular complexity index is 1170. The van der Waals surface area contributed by atoms with E-state index in [1.807, 2.05) is 73.2 Å². The molecule has 7 heteroatoms. The summed E-state index contributed by atoms with van der Waals surface area (Å²) in [6, 6.07) is 13.5. The fraction of sp³-hybridized carbons (Fsp3) is 0.250. The van der Waals surface area contributed by atoms with Gasteiger partial charge in [0.2, 0.25) is 5.88 Å². The van der Waals surface area contributed by atoms with E-state index in [2.05, 4.69) is 5.32 Å². The number of hydrogen-bond donors (Lipinski definition) is 1. The summed E-state index contributed by atoms with van der Waals surface area (Å²) >= 11 is 1.56. The third kappa shape index (κ3) is 4.14. The number of aromatic nitrogens is 2. The number of rotatable bonds is 7. The molecule has 160 valence electrons. The summed E-state index contributed by atoms with van der Waals surface area (Å²) in [4.78, 5) is 17.8. The van der Waals surface area contributed by atoms with E-state index in [1.165, 1.54) is 0 Å². The Morgan fingerprint density at radius 2 is 2.06 bits per heavy atom. The van der Waals surface area contributed by atoms with E-state index in [9.17, 15) is 4.79 Å². The van der Waals surface area contributed by atoms with E-state index in [0.717, 1.165) is 39.8 Å². The smallest absolute Gasteiger partial charge is 0.253 e. The molecule has 0 aliphatic carbocycles. The van der Waals surface area contributed by atoms with Crippen molar-refractivity contribution in [2.45, 2.75) is 33.2 Å². The molecule has 0 bridgehead atoms. The molecule has 1 N–H and O–H groups in total. The van der Waals surface area contributed by atoms with Crippen molar-refractivity contribution >= 4 is 17.2 Å². The first-order chi connectivity index (χ1) is 15.0. The summed E-state index contributed by atoms with van der Waals surface area (Å²) in [7, 11) is 1.65. The quantitative estimate of drug-likeness (QED) is 0.404. The van der Waals surface area contributed by atoms with Crippen molar-refractivity contribution in [2.75, 3.05) is 7.11 Å². The molecule has 3 aromatic heterocycles. The number of nitrogens with zero attached hydrogens (tertiary/aromatic N) is 2. The number of carbonyl (C=O) groups is 1. The lowest BCUT2D eigenvalue weighted by Crippen LogP contribution is -2.32. The van der Waals surface area contributed by atoms with Gasteiger partial charge in [-0.2, -0.15) is 0 Å². The number of methoxy groups -OCH3 is 1. The van der Waals surface area contributed by atoms with E-state index >= 15 is 0 Å². The van der Waals surface area contributed by atoms with E-state index in [1.54, 1.807) is 24.7 Å². The maximum absolute atomic E-state index is 12.9. The molecule has 0 aliphatic rings. The second kappa shape index (κ2) is 8.81. The van der Waals surface area contributed by atoms with E-state index in [4.69, 9.17) is 14.1 Å². The normalized spacial score (nSPS) is 12.0. The Labute approximate surface area is 185 Å². The van der Waals surface area contributed by atoms with Crippen LogP contribution in [0.1, 0.15) is 36.3 Å². The minimum absolute atomic E-state index is 0.0935. The number of furan rings is 1. The van der Waals surface area contributed by atoms with Crippen molar-refractivity contribution in [3.05, 3.63) is 65.4 Å². The van der Waals surface area contributed by atoms with E-state index in [-0.39, 0.29) is 11.9 Å². The predicted molar refractivity (Wildman–Crippen MR) is 123 cm³/mol. The lowest BCUT2D eigenvalue weighted by Gasteiger charge is -2.11. The van der Waals surface area contributed by atoms with E-state index in [0.29, 0.717) is 11.4 Å². The van der Waals surface area contributed by atoms with Crippen LogP contribution in [0.5, 0.6) is 5.75 Å². The maximum Gasteiger partial charge on any atom is 0.253 e. The fourth-order valence-corrected chi connectivity index (χ4v) is 4.19. The number of hydrogen-bond acceptors (Lipinski definition) is 5. The Morgan fingerprint density at radius 1 is 1.29 bits per heavy atom. The van der Waals surface area contributed by atoms with Crippen molar-refractivity contribution in [1.29, 1.82) is 0 Å². The highest BCUT2D eigenvalue weighted by Crippen LogP contribution is 2.34. The minimum Gasteiger partial charge on any atom is -0.497 e. The van der Waals surface area contributed by atoms with Crippen LogP contribution in [0, 0.1) is 6.92 Å². The van der Waals surface area contributed by atoms with Gasteiger partial charge in [0.15, 0.2) is 0 Å². The first kappa shape index (κ1) is 20.9. The second-order valence-corrected chi connectivity index (χ2v) is 8.22. The molecule has 1 unspecified atom stereocenters. The van der Waals surface area contributed by atoms with Crippen LogP contribution in [-0.2, 0) is 0 Å². The first-order valence-corrected chi connectivity index (χ1v) is 11.1. The summed E-state index contributed by atoms with van der Waals surface area (Å²) < 4.78 is 12.9. The molecule has 1 atom stereocenters. The van der Waals surface area contributed by atoms with Gasteiger partial charge in [-0.05, 0) is 56.7 Å². The number of nitrogens with one attached hydrogen (secondary N) is 1. The monoisotopic (exact) mass is 435 g/mol. The molecule has 31 heavy (non-hydrogen) atoms. The zero-order chi connectivity index (χ0) is 22.0. The molecule has 4 aromatic rings. The van der Waals surface area contributed by atoms with Gasteiger partial charge in [0.1, 0.15) is 10.8 Å². The van der Waals surface area contributed by atoms with Crippen molar-refractivity contribution in [2.24, 2.45) is 0 Å². The van der Waals surface area contributed by atoms with Crippen LogP contribution in [0.15, 0.2) is 58.5 Å². The predicted octanol–water partition coefficient (Wildman–Crippen LogP) is 5.71. The average Bonchev–Trinajstić information content (AvgIpc) is 3.53. The molecule has 0 fully saturated rings. The van der Waals surface area contributed by atoms with Crippen molar-refractivity contribution in [3.63, 3.8) is 0 Å². The van der Waals surface area contributed by atoms with Crippen LogP contribution in [0.3, 0.4) is 0 Å². The van der Waals surface area contributed by atoms with Crippen LogP contribution in [-0.4, -0.2) is 28.6 Å². The Morgan fingerprint density at radius 3 is 2.71 bits per heavy atom.